The highest BCUT2D eigenvalue weighted by atomic mass is 31.1. The van der Waals surface area contributed by atoms with Gasteiger partial charge in [-0.3, -0.25) is 0 Å². The van der Waals surface area contributed by atoms with E-state index in [2.05, 4.69) is 13.8 Å². The molecule has 0 saturated heterocycles. The van der Waals surface area contributed by atoms with Crippen molar-refractivity contribution >= 4 is 8.58 Å². The fourth-order valence-corrected chi connectivity index (χ4v) is 4.17. The van der Waals surface area contributed by atoms with Crippen LogP contribution in [-0.4, -0.2) is 12.3 Å². The van der Waals surface area contributed by atoms with Crippen molar-refractivity contribution in [3.8, 4) is 12.4 Å². The van der Waals surface area contributed by atoms with E-state index in [0.717, 1.165) is 0 Å². The van der Waals surface area contributed by atoms with Crippen molar-refractivity contribution in [2.75, 3.05) is 12.3 Å². The summed E-state index contributed by atoms with van der Waals surface area (Å²) in [6.07, 6.45) is 29.3. The van der Waals surface area contributed by atoms with Gasteiger partial charge in [0.15, 0.2) is 12.4 Å². The van der Waals surface area contributed by atoms with Gasteiger partial charge >= 0.3 is 0 Å². The molecule has 0 aliphatic rings. The monoisotopic (exact) mass is 381 g/mol. The molecule has 0 radical (unpaired) electrons. The van der Waals surface area contributed by atoms with E-state index in [-0.39, 0.29) is 0 Å². The van der Waals surface area contributed by atoms with Gasteiger partial charge in [0.2, 0.25) is 0 Å². The normalized spacial score (nSPS) is 10.2. The summed E-state index contributed by atoms with van der Waals surface area (Å²) >= 11 is 0. The molecule has 3 nitrogen and oxygen atoms in total. The second kappa shape index (κ2) is 29.0. The van der Waals surface area contributed by atoms with E-state index in [4.69, 9.17) is 10.5 Å². The van der Waals surface area contributed by atoms with Crippen LogP contribution < -0.4 is 5.32 Å². The predicted molar refractivity (Wildman–Crippen MR) is 118 cm³/mol. The van der Waals surface area contributed by atoms with Gasteiger partial charge in [0.1, 0.15) is 0 Å². The van der Waals surface area contributed by atoms with E-state index in [1.165, 1.54) is 136 Å². The highest BCUT2D eigenvalue weighted by Crippen LogP contribution is 2.18. The standard InChI is InChI=1S/C20H43P.C2HN3/c1-3-5-7-9-10-11-12-13-14-15-16-18-20-21-19-17-8-6-4-2;3-1-5-2-4/h21H,3-20H2,1-2H3;5H. The van der Waals surface area contributed by atoms with Crippen LogP contribution in [0.4, 0.5) is 0 Å². The molecule has 0 saturated carbocycles. The number of rotatable bonds is 18. The molecule has 152 valence electrons. The van der Waals surface area contributed by atoms with Gasteiger partial charge in [-0.25, -0.2) is 5.32 Å². The lowest BCUT2D eigenvalue weighted by Crippen LogP contribution is -1.88. The Kier molecular flexibility index (Phi) is 30.6. The fourth-order valence-electron chi connectivity index (χ4n) is 2.92. The third-order valence-corrected chi connectivity index (χ3v) is 5.94. The maximum absolute atomic E-state index is 7.48. The SMILES string of the molecule is CCCCCCCCCCCCCCPCCCCCC.N#CNC#N. The van der Waals surface area contributed by atoms with Crippen LogP contribution in [0.1, 0.15) is 117 Å². The van der Waals surface area contributed by atoms with Crippen LogP contribution in [-0.2, 0) is 0 Å². The number of unbranched alkanes of at least 4 members (excludes halogenated alkanes) is 14. The molecular formula is C22H44N3P. The van der Waals surface area contributed by atoms with Gasteiger partial charge in [0, 0.05) is 0 Å². The van der Waals surface area contributed by atoms with Gasteiger partial charge in [-0.05, 0) is 25.2 Å². The van der Waals surface area contributed by atoms with Crippen molar-refractivity contribution in [2.45, 2.75) is 117 Å². The van der Waals surface area contributed by atoms with Crippen LogP contribution >= 0.6 is 8.58 Å². The molecule has 0 aromatic carbocycles. The first kappa shape index (κ1) is 27.4. The van der Waals surface area contributed by atoms with E-state index >= 15 is 0 Å². The van der Waals surface area contributed by atoms with Crippen LogP contribution in [0.2, 0.25) is 0 Å². The summed E-state index contributed by atoms with van der Waals surface area (Å²) in [4.78, 5) is 0. The molecule has 0 aromatic rings. The summed E-state index contributed by atoms with van der Waals surface area (Å²) in [5.74, 6) is 0. The highest BCUT2D eigenvalue weighted by Gasteiger charge is 1.94. The van der Waals surface area contributed by atoms with E-state index in [9.17, 15) is 0 Å². The molecule has 1 N–H and O–H groups in total. The Balaban J connectivity index is 0. The Hall–Kier alpha value is -0.790. The predicted octanol–water partition coefficient (Wildman–Crippen LogP) is 7.48. The smallest absolute Gasteiger partial charge is 0.190 e. The zero-order valence-corrected chi connectivity index (χ0v) is 18.6. The quantitative estimate of drug-likeness (QED) is 0.116. The van der Waals surface area contributed by atoms with Crippen molar-refractivity contribution in [3.63, 3.8) is 0 Å². The molecule has 0 amide bonds. The number of nitrogens with one attached hydrogen (secondary N) is 1. The van der Waals surface area contributed by atoms with Gasteiger partial charge in [-0.15, -0.1) is 8.58 Å². The first-order valence-corrected chi connectivity index (χ1v) is 12.5. The van der Waals surface area contributed by atoms with Crippen LogP contribution in [0, 0.1) is 22.9 Å². The second-order valence-corrected chi connectivity index (χ2v) is 8.55. The van der Waals surface area contributed by atoms with Crippen LogP contribution in [0.3, 0.4) is 0 Å². The summed E-state index contributed by atoms with van der Waals surface area (Å²) < 4.78 is 0. The average molecular weight is 382 g/mol. The molecule has 1 atom stereocenters. The first-order chi connectivity index (χ1) is 12.8. The molecule has 0 aliphatic heterocycles. The number of hydrogen-bond acceptors (Lipinski definition) is 3. The van der Waals surface area contributed by atoms with Gasteiger partial charge in [-0.2, -0.15) is 10.5 Å². The van der Waals surface area contributed by atoms with Gasteiger partial charge in [-0.1, -0.05) is 104 Å². The zero-order chi connectivity index (χ0) is 19.6. The third-order valence-electron chi connectivity index (χ3n) is 4.53. The highest BCUT2D eigenvalue weighted by molar-refractivity contribution is 7.37. The lowest BCUT2D eigenvalue weighted by molar-refractivity contribution is 0.548. The van der Waals surface area contributed by atoms with Crippen molar-refractivity contribution in [2.24, 2.45) is 0 Å². The third kappa shape index (κ3) is 31.0. The maximum atomic E-state index is 7.48. The fraction of sp³-hybridized carbons (Fsp3) is 0.909. The van der Waals surface area contributed by atoms with Gasteiger partial charge < -0.3 is 0 Å². The Morgan fingerprint density at radius 3 is 1.15 bits per heavy atom. The Morgan fingerprint density at radius 2 is 0.846 bits per heavy atom. The first-order valence-electron chi connectivity index (χ1n) is 11.1. The van der Waals surface area contributed by atoms with E-state index in [0.29, 0.717) is 0 Å². The zero-order valence-electron chi connectivity index (χ0n) is 17.6. The minimum atomic E-state index is 1.26. The van der Waals surface area contributed by atoms with Crippen LogP contribution in [0.25, 0.3) is 0 Å². The summed E-state index contributed by atoms with van der Waals surface area (Å²) in [5.41, 5.74) is 0. The number of nitriles is 2. The Morgan fingerprint density at radius 1 is 0.538 bits per heavy atom. The minimum Gasteiger partial charge on any atom is -0.229 e. The lowest BCUT2D eigenvalue weighted by atomic mass is 10.1. The molecule has 4 heteroatoms. The minimum absolute atomic E-state index is 1.26. The molecule has 0 bridgehead atoms. The molecule has 0 spiro atoms. The Labute approximate surface area is 166 Å². The Bertz CT molecular complexity index is 290. The molecule has 0 aliphatic carbocycles. The average Bonchev–Trinajstić information content (AvgIpc) is 2.65. The molecule has 1 unspecified atom stereocenters. The van der Waals surface area contributed by atoms with Crippen molar-refractivity contribution < 1.29 is 0 Å². The van der Waals surface area contributed by atoms with Crippen LogP contribution in [0.15, 0.2) is 0 Å². The summed E-state index contributed by atoms with van der Waals surface area (Å²) in [6, 6.07) is 0. The molecule has 0 heterocycles. The topological polar surface area (TPSA) is 59.6 Å². The molecular weight excluding hydrogens is 337 g/mol. The van der Waals surface area contributed by atoms with Crippen LogP contribution in [0.5, 0.6) is 0 Å². The van der Waals surface area contributed by atoms with Gasteiger partial charge in [0.05, 0.1) is 0 Å². The molecule has 0 aromatic heterocycles. The molecule has 0 rings (SSSR count). The van der Waals surface area contributed by atoms with E-state index in [1.54, 1.807) is 5.32 Å². The molecule has 0 fully saturated rings. The van der Waals surface area contributed by atoms with Crippen molar-refractivity contribution in [3.05, 3.63) is 0 Å². The summed E-state index contributed by atoms with van der Waals surface area (Å²) in [5, 5.41) is 16.7. The summed E-state index contributed by atoms with van der Waals surface area (Å²) in [6.45, 7) is 4.60. The van der Waals surface area contributed by atoms with E-state index in [1.807, 2.05) is 0 Å². The van der Waals surface area contributed by atoms with E-state index < -0.39 is 0 Å². The molecule has 26 heavy (non-hydrogen) atoms. The number of hydrogen-bond donors (Lipinski definition) is 1. The second-order valence-electron chi connectivity index (χ2n) is 7.05. The maximum Gasteiger partial charge on any atom is 0.190 e. The number of nitrogens with zero attached hydrogens (tertiary/aromatic N) is 2. The lowest BCUT2D eigenvalue weighted by Gasteiger charge is -2.03. The van der Waals surface area contributed by atoms with Gasteiger partial charge in [0.25, 0.3) is 0 Å². The largest absolute Gasteiger partial charge is 0.229 e. The summed E-state index contributed by atoms with van der Waals surface area (Å²) in [7, 11) is 1.26. The van der Waals surface area contributed by atoms with Crippen molar-refractivity contribution in [1.82, 2.24) is 5.32 Å². The van der Waals surface area contributed by atoms with Crippen molar-refractivity contribution in [1.29, 1.82) is 10.5 Å².